The average Bonchev–Trinajstić information content (AvgIpc) is 2.55. The molecule has 0 fully saturated rings. The number of amides is 1. The van der Waals surface area contributed by atoms with E-state index in [2.05, 4.69) is 22.4 Å². The van der Waals surface area contributed by atoms with E-state index in [0.717, 1.165) is 11.1 Å². The summed E-state index contributed by atoms with van der Waals surface area (Å²) in [7, 11) is 0. The van der Waals surface area contributed by atoms with Crippen LogP contribution in [-0.2, 0) is 0 Å². The van der Waals surface area contributed by atoms with Crippen molar-refractivity contribution < 1.29 is 9.90 Å². The first kappa shape index (κ1) is 16.6. The van der Waals surface area contributed by atoms with Crippen molar-refractivity contribution in [3.63, 3.8) is 0 Å². The second-order valence-electron chi connectivity index (χ2n) is 4.50. The maximum atomic E-state index is 11.9. The lowest BCUT2D eigenvalue weighted by atomic mass is 10.1. The summed E-state index contributed by atoms with van der Waals surface area (Å²) in [5.41, 5.74) is 9.63. The van der Waals surface area contributed by atoms with Crippen molar-refractivity contribution >= 4 is 23.7 Å². The molecule has 0 radical (unpaired) electrons. The van der Waals surface area contributed by atoms with E-state index in [9.17, 15) is 9.90 Å². The van der Waals surface area contributed by atoms with Crippen LogP contribution in [0.15, 0.2) is 47.6 Å². The van der Waals surface area contributed by atoms with Gasteiger partial charge in [-0.15, -0.1) is 0 Å². The third-order valence-electron chi connectivity index (χ3n) is 2.81. The van der Waals surface area contributed by atoms with E-state index in [1.807, 2.05) is 24.3 Å². The summed E-state index contributed by atoms with van der Waals surface area (Å²) < 4.78 is 0. The van der Waals surface area contributed by atoms with Crippen molar-refractivity contribution in [2.75, 3.05) is 6.54 Å². The number of carbonyl (C=O) groups is 1. The second kappa shape index (κ2) is 7.99. The van der Waals surface area contributed by atoms with Crippen molar-refractivity contribution in [3.05, 3.63) is 64.2 Å². The number of hydrogen-bond donors (Lipinski definition) is 3. The minimum Gasteiger partial charge on any atom is -0.506 e. The number of carbonyl (C=O) groups excluding carboxylic acids is 1. The summed E-state index contributed by atoms with van der Waals surface area (Å²) in [6.45, 7) is 0.295. The molecule has 0 aliphatic heterocycles. The molecule has 0 spiro atoms. The van der Waals surface area contributed by atoms with E-state index in [-0.39, 0.29) is 10.8 Å². The van der Waals surface area contributed by atoms with Crippen LogP contribution in [0.3, 0.4) is 0 Å². The molecule has 4 N–H and O–H groups in total. The molecule has 2 rings (SSSR count). The highest BCUT2D eigenvalue weighted by molar-refractivity contribution is 6.32. The number of nitrogens with zero attached hydrogens (tertiary/aromatic N) is 1. The number of phenolic OH excluding ortho intramolecular Hbond substituents is 1. The van der Waals surface area contributed by atoms with Crippen LogP contribution < -0.4 is 11.2 Å². The molecule has 0 aliphatic carbocycles. The molecule has 0 heterocycles. The quantitative estimate of drug-likeness (QED) is 0.458. The molecule has 0 saturated heterocycles. The van der Waals surface area contributed by atoms with E-state index in [0.29, 0.717) is 12.1 Å². The van der Waals surface area contributed by atoms with Crippen LogP contribution in [-0.4, -0.2) is 23.8 Å². The number of hydrogen-bond acceptors (Lipinski definition) is 4. The van der Waals surface area contributed by atoms with Crippen LogP contribution in [0.4, 0.5) is 0 Å². The first-order valence-corrected chi connectivity index (χ1v) is 7.09. The van der Waals surface area contributed by atoms with Crippen LogP contribution >= 0.6 is 11.6 Å². The SMILES string of the molecule is NCC#Cc1cccc(C=NNC(=O)c2ccc(O)c(Cl)c2)c1. The molecule has 6 heteroatoms. The van der Waals surface area contributed by atoms with Gasteiger partial charge in [-0.2, -0.15) is 5.10 Å². The van der Waals surface area contributed by atoms with Crippen molar-refractivity contribution in [3.8, 4) is 17.6 Å². The Balaban J connectivity index is 2.03. The molecule has 1 amide bonds. The number of phenols is 1. The summed E-state index contributed by atoms with van der Waals surface area (Å²) in [5.74, 6) is 5.18. The molecule has 116 valence electrons. The Bertz CT molecular complexity index is 807. The Hall–Kier alpha value is -2.81. The smallest absolute Gasteiger partial charge is 0.271 e. The van der Waals surface area contributed by atoms with Gasteiger partial charge in [0.05, 0.1) is 17.8 Å². The summed E-state index contributed by atoms with van der Waals surface area (Å²) in [5, 5.41) is 13.3. The van der Waals surface area contributed by atoms with Crippen molar-refractivity contribution in [1.29, 1.82) is 0 Å². The van der Waals surface area contributed by atoms with Gasteiger partial charge in [0.1, 0.15) is 5.75 Å². The van der Waals surface area contributed by atoms with Gasteiger partial charge in [-0.05, 0) is 35.9 Å². The summed E-state index contributed by atoms with van der Waals surface area (Å²) in [6, 6.07) is 11.5. The zero-order valence-electron chi connectivity index (χ0n) is 12.1. The fourth-order valence-corrected chi connectivity index (χ4v) is 1.91. The zero-order valence-corrected chi connectivity index (χ0v) is 12.8. The van der Waals surface area contributed by atoms with Gasteiger partial charge in [-0.25, -0.2) is 5.43 Å². The Kier molecular flexibility index (Phi) is 5.75. The van der Waals surface area contributed by atoms with Gasteiger partial charge in [-0.1, -0.05) is 35.6 Å². The van der Waals surface area contributed by atoms with Crippen LogP contribution in [0.2, 0.25) is 5.02 Å². The maximum absolute atomic E-state index is 11.9. The second-order valence-corrected chi connectivity index (χ2v) is 4.90. The molecule has 0 aliphatic rings. The Morgan fingerprint density at radius 2 is 2.17 bits per heavy atom. The van der Waals surface area contributed by atoms with Crippen molar-refractivity contribution in [1.82, 2.24) is 5.43 Å². The Morgan fingerprint density at radius 1 is 1.35 bits per heavy atom. The first-order chi connectivity index (χ1) is 11.1. The molecular formula is C17H14ClN3O2. The van der Waals surface area contributed by atoms with Gasteiger partial charge in [-0.3, -0.25) is 4.79 Å². The minimum atomic E-state index is -0.428. The predicted octanol–water partition coefficient (Wildman–Crippen LogP) is 2.12. The van der Waals surface area contributed by atoms with Crippen molar-refractivity contribution in [2.45, 2.75) is 0 Å². The number of benzene rings is 2. The van der Waals surface area contributed by atoms with Crippen LogP contribution in [0.5, 0.6) is 5.75 Å². The minimum absolute atomic E-state index is 0.0814. The third kappa shape index (κ3) is 4.85. The molecule has 2 aromatic carbocycles. The number of nitrogens with one attached hydrogen (secondary N) is 1. The highest BCUT2D eigenvalue weighted by atomic mass is 35.5. The number of rotatable bonds is 3. The van der Waals surface area contributed by atoms with Gasteiger partial charge < -0.3 is 10.8 Å². The average molecular weight is 328 g/mol. The molecular weight excluding hydrogens is 314 g/mol. The van der Waals surface area contributed by atoms with E-state index in [1.165, 1.54) is 24.4 Å². The maximum Gasteiger partial charge on any atom is 0.271 e. The molecule has 0 atom stereocenters. The van der Waals surface area contributed by atoms with Gasteiger partial charge in [0.25, 0.3) is 5.91 Å². The summed E-state index contributed by atoms with van der Waals surface area (Å²) in [6.07, 6.45) is 1.51. The molecule has 0 aromatic heterocycles. The van der Waals surface area contributed by atoms with E-state index >= 15 is 0 Å². The van der Waals surface area contributed by atoms with Crippen LogP contribution in [0.1, 0.15) is 21.5 Å². The van der Waals surface area contributed by atoms with Gasteiger partial charge in [0.2, 0.25) is 0 Å². The van der Waals surface area contributed by atoms with Gasteiger partial charge >= 0.3 is 0 Å². The van der Waals surface area contributed by atoms with E-state index in [1.54, 1.807) is 0 Å². The Labute approximate surface area is 138 Å². The summed E-state index contributed by atoms with van der Waals surface area (Å²) >= 11 is 5.76. The van der Waals surface area contributed by atoms with Gasteiger partial charge in [0.15, 0.2) is 0 Å². The number of nitrogens with two attached hydrogens (primary N) is 1. The fourth-order valence-electron chi connectivity index (χ4n) is 1.73. The molecule has 23 heavy (non-hydrogen) atoms. The lowest BCUT2D eigenvalue weighted by Crippen LogP contribution is -2.17. The first-order valence-electron chi connectivity index (χ1n) is 6.71. The van der Waals surface area contributed by atoms with Crippen molar-refractivity contribution in [2.24, 2.45) is 10.8 Å². The Morgan fingerprint density at radius 3 is 2.91 bits per heavy atom. The lowest BCUT2D eigenvalue weighted by molar-refractivity contribution is 0.0955. The third-order valence-corrected chi connectivity index (χ3v) is 3.11. The van der Waals surface area contributed by atoms with Crippen LogP contribution in [0.25, 0.3) is 0 Å². The van der Waals surface area contributed by atoms with E-state index in [4.69, 9.17) is 17.3 Å². The lowest BCUT2D eigenvalue weighted by Gasteiger charge is -2.02. The van der Waals surface area contributed by atoms with E-state index < -0.39 is 5.91 Å². The summed E-state index contributed by atoms with van der Waals surface area (Å²) in [4.78, 5) is 11.9. The molecule has 5 nitrogen and oxygen atoms in total. The molecule has 0 bridgehead atoms. The van der Waals surface area contributed by atoms with Gasteiger partial charge in [0, 0.05) is 11.1 Å². The standard InChI is InChI=1S/C17H14ClN3O2/c18-15-10-14(6-7-16(15)22)17(23)21-20-11-13-4-1-3-12(9-13)5-2-8-19/h1,3-4,6-7,9-11,22H,8,19H2,(H,21,23). The topological polar surface area (TPSA) is 87.7 Å². The fraction of sp³-hybridized carbons (Fsp3) is 0.0588. The molecule has 2 aromatic rings. The molecule has 0 unspecified atom stereocenters. The largest absolute Gasteiger partial charge is 0.506 e. The monoisotopic (exact) mass is 327 g/mol. The highest BCUT2D eigenvalue weighted by Crippen LogP contribution is 2.23. The predicted molar refractivity (Wildman–Crippen MR) is 90.6 cm³/mol. The highest BCUT2D eigenvalue weighted by Gasteiger charge is 2.07. The number of halogens is 1. The van der Waals surface area contributed by atoms with Crippen LogP contribution in [0, 0.1) is 11.8 Å². The number of aromatic hydroxyl groups is 1. The zero-order chi connectivity index (χ0) is 16.7. The molecule has 0 saturated carbocycles. The normalized spacial score (nSPS) is 10.2. The number of hydrazone groups is 1.